The SMILES string of the molecule is CN(C)n1cc(C(=O)O)c(=O)c2ccc(OCCCNC(=O)OC(C)(C)C)cc21. The molecular formula is C20H27N3O6. The van der Waals surface area contributed by atoms with Crippen LogP contribution in [0.3, 0.4) is 0 Å². The van der Waals surface area contributed by atoms with Crippen LogP contribution in [0.2, 0.25) is 0 Å². The van der Waals surface area contributed by atoms with E-state index in [1.807, 2.05) is 0 Å². The number of hydrogen-bond acceptors (Lipinski definition) is 6. The minimum Gasteiger partial charge on any atom is -0.493 e. The Balaban J connectivity index is 2.07. The lowest BCUT2D eigenvalue weighted by Crippen LogP contribution is -2.33. The third-order valence-corrected chi connectivity index (χ3v) is 3.88. The zero-order valence-corrected chi connectivity index (χ0v) is 17.3. The number of alkyl carbamates (subject to hydrolysis) is 1. The van der Waals surface area contributed by atoms with Crippen molar-refractivity contribution in [1.29, 1.82) is 0 Å². The molecule has 29 heavy (non-hydrogen) atoms. The Labute approximate surface area is 168 Å². The number of carbonyl (C=O) groups excluding carboxylic acids is 1. The predicted octanol–water partition coefficient (Wildman–Crippen LogP) is 2.19. The van der Waals surface area contributed by atoms with Crippen LogP contribution in [0.15, 0.2) is 29.2 Å². The molecule has 0 aliphatic heterocycles. The Bertz CT molecular complexity index is 959. The molecule has 9 heteroatoms. The van der Waals surface area contributed by atoms with Crippen molar-refractivity contribution >= 4 is 23.0 Å². The molecule has 1 aromatic carbocycles. The van der Waals surface area contributed by atoms with Gasteiger partial charge in [0.2, 0.25) is 5.43 Å². The van der Waals surface area contributed by atoms with Crippen LogP contribution < -0.4 is 20.5 Å². The molecule has 0 aliphatic rings. The second-order valence-electron chi connectivity index (χ2n) is 7.68. The molecule has 9 nitrogen and oxygen atoms in total. The van der Waals surface area contributed by atoms with Crippen LogP contribution in [-0.2, 0) is 4.74 Å². The van der Waals surface area contributed by atoms with E-state index in [1.54, 1.807) is 62.8 Å². The number of pyridine rings is 1. The molecule has 2 aromatic rings. The maximum Gasteiger partial charge on any atom is 0.407 e. The summed E-state index contributed by atoms with van der Waals surface area (Å²) in [6.45, 7) is 6.13. The van der Waals surface area contributed by atoms with E-state index in [0.717, 1.165) is 0 Å². The van der Waals surface area contributed by atoms with Gasteiger partial charge in [-0.3, -0.25) is 9.47 Å². The van der Waals surface area contributed by atoms with Crippen molar-refractivity contribution in [2.75, 3.05) is 32.3 Å². The number of nitrogens with one attached hydrogen (secondary N) is 1. The van der Waals surface area contributed by atoms with E-state index in [9.17, 15) is 19.5 Å². The van der Waals surface area contributed by atoms with Gasteiger partial charge in [0.15, 0.2) is 0 Å². The van der Waals surface area contributed by atoms with Crippen molar-refractivity contribution in [2.45, 2.75) is 32.8 Å². The van der Waals surface area contributed by atoms with Gasteiger partial charge >= 0.3 is 12.1 Å². The maximum atomic E-state index is 12.4. The Morgan fingerprint density at radius 3 is 2.52 bits per heavy atom. The van der Waals surface area contributed by atoms with Crippen LogP contribution >= 0.6 is 0 Å². The van der Waals surface area contributed by atoms with Crippen molar-refractivity contribution in [1.82, 2.24) is 9.99 Å². The highest BCUT2D eigenvalue weighted by Crippen LogP contribution is 2.20. The van der Waals surface area contributed by atoms with E-state index in [1.165, 1.54) is 6.20 Å². The van der Waals surface area contributed by atoms with Gasteiger partial charge in [-0.25, -0.2) is 9.59 Å². The average molecular weight is 405 g/mol. The maximum absolute atomic E-state index is 12.4. The number of ether oxygens (including phenoxy) is 2. The summed E-state index contributed by atoms with van der Waals surface area (Å²) in [5, 5.41) is 13.9. The average Bonchev–Trinajstić information content (AvgIpc) is 2.59. The third-order valence-electron chi connectivity index (χ3n) is 3.88. The van der Waals surface area contributed by atoms with Crippen molar-refractivity contribution in [3.05, 3.63) is 40.2 Å². The summed E-state index contributed by atoms with van der Waals surface area (Å²) in [7, 11) is 3.48. The van der Waals surface area contributed by atoms with Gasteiger partial charge in [0, 0.05) is 38.3 Å². The largest absolute Gasteiger partial charge is 0.493 e. The van der Waals surface area contributed by atoms with E-state index >= 15 is 0 Å². The summed E-state index contributed by atoms with van der Waals surface area (Å²) in [4.78, 5) is 35.3. The smallest absolute Gasteiger partial charge is 0.407 e. The number of carbonyl (C=O) groups is 2. The molecule has 0 radical (unpaired) electrons. The number of aromatic carboxylic acids is 1. The van der Waals surface area contributed by atoms with Crippen molar-refractivity contribution in [3.8, 4) is 5.75 Å². The van der Waals surface area contributed by atoms with Crippen molar-refractivity contribution < 1.29 is 24.2 Å². The fraction of sp³-hybridized carbons (Fsp3) is 0.450. The van der Waals surface area contributed by atoms with Gasteiger partial charge in [0.05, 0.1) is 12.1 Å². The lowest BCUT2D eigenvalue weighted by molar-refractivity contribution is 0.0525. The zero-order chi connectivity index (χ0) is 21.8. The number of carboxylic acids is 1. The first-order valence-electron chi connectivity index (χ1n) is 9.19. The number of benzene rings is 1. The molecule has 0 spiro atoms. The molecule has 0 fully saturated rings. The molecule has 0 aliphatic carbocycles. The minimum atomic E-state index is -1.27. The quantitative estimate of drug-likeness (QED) is 0.680. The van der Waals surface area contributed by atoms with Gasteiger partial charge in [-0.05, 0) is 39.3 Å². The van der Waals surface area contributed by atoms with E-state index < -0.39 is 23.1 Å². The number of carboxylic acid groups (broad SMARTS) is 1. The first kappa shape index (κ1) is 22.1. The zero-order valence-electron chi connectivity index (χ0n) is 17.3. The van der Waals surface area contributed by atoms with Crippen molar-refractivity contribution in [3.63, 3.8) is 0 Å². The Morgan fingerprint density at radius 1 is 1.24 bits per heavy atom. The molecule has 1 aromatic heterocycles. The lowest BCUT2D eigenvalue weighted by Gasteiger charge is -2.21. The molecule has 0 saturated carbocycles. The Kier molecular flexibility index (Phi) is 6.73. The van der Waals surface area contributed by atoms with Crippen LogP contribution in [0.1, 0.15) is 37.6 Å². The fourth-order valence-corrected chi connectivity index (χ4v) is 2.63. The first-order valence-corrected chi connectivity index (χ1v) is 9.19. The van der Waals surface area contributed by atoms with Crippen LogP contribution in [-0.4, -0.2) is 54.7 Å². The van der Waals surface area contributed by atoms with Gasteiger partial charge in [0.25, 0.3) is 0 Å². The molecule has 0 unspecified atom stereocenters. The number of aromatic nitrogens is 1. The van der Waals surface area contributed by atoms with Crippen LogP contribution in [0, 0.1) is 0 Å². The monoisotopic (exact) mass is 405 g/mol. The molecular weight excluding hydrogens is 378 g/mol. The molecule has 158 valence electrons. The standard InChI is InChI=1S/C20H27N3O6/c1-20(2,3)29-19(27)21-9-6-10-28-13-7-8-14-16(11-13)23(22(4)5)12-15(17(14)24)18(25)26/h7-8,11-12H,6,9-10H2,1-5H3,(H,21,27)(H,25,26). The summed E-state index contributed by atoms with van der Waals surface area (Å²) in [6.07, 6.45) is 1.38. The number of rotatable bonds is 7. The summed E-state index contributed by atoms with van der Waals surface area (Å²) in [6, 6.07) is 4.86. The minimum absolute atomic E-state index is 0.289. The lowest BCUT2D eigenvalue weighted by atomic mass is 10.1. The molecule has 0 atom stereocenters. The van der Waals surface area contributed by atoms with E-state index in [4.69, 9.17) is 9.47 Å². The number of amides is 1. The van der Waals surface area contributed by atoms with E-state index in [0.29, 0.717) is 30.8 Å². The first-order chi connectivity index (χ1) is 13.5. The number of fused-ring (bicyclic) bond motifs is 1. The van der Waals surface area contributed by atoms with E-state index in [-0.39, 0.29) is 10.9 Å². The summed E-state index contributed by atoms with van der Waals surface area (Å²) >= 11 is 0. The molecule has 1 heterocycles. The highest BCUT2D eigenvalue weighted by Gasteiger charge is 2.17. The predicted molar refractivity (Wildman–Crippen MR) is 110 cm³/mol. The summed E-state index contributed by atoms with van der Waals surface area (Å²) in [5.41, 5.74) is -0.852. The van der Waals surface area contributed by atoms with E-state index in [2.05, 4.69) is 5.32 Å². The second kappa shape index (κ2) is 8.85. The normalized spacial score (nSPS) is 11.2. The molecule has 1 amide bonds. The third kappa shape index (κ3) is 5.87. The fourth-order valence-electron chi connectivity index (χ4n) is 2.63. The highest BCUT2D eigenvalue weighted by atomic mass is 16.6. The number of hydrogen-bond donors (Lipinski definition) is 2. The van der Waals surface area contributed by atoms with Crippen molar-refractivity contribution in [2.24, 2.45) is 0 Å². The Morgan fingerprint density at radius 2 is 1.93 bits per heavy atom. The molecule has 0 bridgehead atoms. The summed E-state index contributed by atoms with van der Waals surface area (Å²) < 4.78 is 12.4. The molecule has 2 rings (SSSR count). The van der Waals surface area contributed by atoms with Gasteiger partial charge in [0.1, 0.15) is 16.9 Å². The highest BCUT2D eigenvalue weighted by molar-refractivity contribution is 5.93. The van der Waals surface area contributed by atoms with Gasteiger partial charge in [-0.1, -0.05) is 0 Å². The summed E-state index contributed by atoms with van der Waals surface area (Å²) in [5.74, 6) is -0.738. The van der Waals surface area contributed by atoms with Crippen LogP contribution in [0.25, 0.3) is 10.9 Å². The van der Waals surface area contributed by atoms with Gasteiger partial charge < -0.3 is 24.9 Å². The Hall–Kier alpha value is -3.23. The van der Waals surface area contributed by atoms with Gasteiger partial charge in [-0.15, -0.1) is 0 Å². The molecule has 0 saturated heterocycles. The van der Waals surface area contributed by atoms with Crippen LogP contribution in [0.4, 0.5) is 4.79 Å². The molecule has 2 N–H and O–H groups in total. The van der Waals surface area contributed by atoms with Gasteiger partial charge in [-0.2, -0.15) is 0 Å². The topological polar surface area (TPSA) is 110 Å². The van der Waals surface area contributed by atoms with Crippen LogP contribution in [0.5, 0.6) is 5.75 Å². The number of nitrogens with zero attached hydrogens (tertiary/aromatic N) is 2. The second-order valence-corrected chi connectivity index (χ2v) is 7.68.